The Morgan fingerprint density at radius 1 is 1.40 bits per heavy atom. The van der Waals surface area contributed by atoms with Gasteiger partial charge in [0.2, 0.25) is 0 Å². The molecule has 0 aliphatic heterocycles. The van der Waals surface area contributed by atoms with Crippen molar-refractivity contribution in [3.8, 4) is 0 Å². The number of halogens is 1. The van der Waals surface area contributed by atoms with E-state index in [1.807, 2.05) is 6.92 Å². The average Bonchev–Trinajstić information content (AvgIpc) is 2.22. The van der Waals surface area contributed by atoms with Crippen molar-refractivity contribution >= 4 is 5.78 Å². The van der Waals surface area contributed by atoms with Gasteiger partial charge < -0.3 is 0 Å². The van der Waals surface area contributed by atoms with Crippen LogP contribution in [0.15, 0.2) is 18.2 Å². The standard InChI is InChI=1S/C13H15FO/c1-9-5-6-11(14)8-13(9)10-3-2-4-12(15)7-10/h5-6,8,10H,2-4,7H2,1H3. The second-order valence-corrected chi connectivity index (χ2v) is 4.33. The molecule has 1 nitrogen and oxygen atoms in total. The van der Waals surface area contributed by atoms with Crippen LogP contribution in [0.25, 0.3) is 0 Å². The molecule has 1 fully saturated rings. The third kappa shape index (κ3) is 2.25. The number of hydrogen-bond acceptors (Lipinski definition) is 1. The lowest BCUT2D eigenvalue weighted by atomic mass is 9.82. The summed E-state index contributed by atoms with van der Waals surface area (Å²) in [5.74, 6) is 0.352. The predicted octanol–water partition coefficient (Wildman–Crippen LogP) is 3.36. The Morgan fingerprint density at radius 3 is 2.93 bits per heavy atom. The van der Waals surface area contributed by atoms with Gasteiger partial charge in [-0.3, -0.25) is 4.79 Å². The van der Waals surface area contributed by atoms with E-state index >= 15 is 0 Å². The minimum atomic E-state index is -0.200. The summed E-state index contributed by atoms with van der Waals surface area (Å²) in [6.07, 6.45) is 3.24. The van der Waals surface area contributed by atoms with Crippen molar-refractivity contribution < 1.29 is 9.18 Å². The Kier molecular flexibility index (Phi) is 2.85. The molecule has 1 aliphatic rings. The highest BCUT2D eigenvalue weighted by Crippen LogP contribution is 2.32. The zero-order valence-electron chi connectivity index (χ0n) is 8.92. The first-order chi connectivity index (χ1) is 7.16. The van der Waals surface area contributed by atoms with Crippen molar-refractivity contribution in [2.45, 2.75) is 38.5 Å². The van der Waals surface area contributed by atoms with Gasteiger partial charge in [0.1, 0.15) is 11.6 Å². The van der Waals surface area contributed by atoms with Crippen molar-refractivity contribution in [3.05, 3.63) is 35.1 Å². The fraction of sp³-hybridized carbons (Fsp3) is 0.462. The van der Waals surface area contributed by atoms with Crippen molar-refractivity contribution in [2.24, 2.45) is 0 Å². The van der Waals surface area contributed by atoms with Crippen LogP contribution in [0.1, 0.15) is 42.7 Å². The van der Waals surface area contributed by atoms with E-state index < -0.39 is 0 Å². The van der Waals surface area contributed by atoms with Gasteiger partial charge in [-0.1, -0.05) is 6.07 Å². The Bertz CT molecular complexity index is 384. The number of hydrogen-bond donors (Lipinski definition) is 0. The second kappa shape index (κ2) is 4.13. The third-order valence-corrected chi connectivity index (χ3v) is 3.16. The van der Waals surface area contributed by atoms with E-state index in [2.05, 4.69) is 0 Å². The van der Waals surface area contributed by atoms with Gasteiger partial charge in [-0.25, -0.2) is 4.39 Å². The van der Waals surface area contributed by atoms with Crippen molar-refractivity contribution in [1.82, 2.24) is 0 Å². The quantitative estimate of drug-likeness (QED) is 0.688. The molecule has 0 radical (unpaired) electrons. The van der Waals surface area contributed by atoms with Crippen LogP contribution in [0.2, 0.25) is 0 Å². The molecule has 80 valence electrons. The Labute approximate surface area is 89.3 Å². The maximum absolute atomic E-state index is 13.1. The molecule has 1 atom stereocenters. The summed E-state index contributed by atoms with van der Waals surface area (Å²) < 4.78 is 13.1. The minimum absolute atomic E-state index is 0.200. The molecule has 1 aromatic carbocycles. The molecule has 0 aromatic heterocycles. The molecule has 0 amide bonds. The second-order valence-electron chi connectivity index (χ2n) is 4.33. The van der Waals surface area contributed by atoms with Gasteiger partial charge in [-0.15, -0.1) is 0 Å². The first-order valence-electron chi connectivity index (χ1n) is 5.44. The molecular formula is C13H15FO. The van der Waals surface area contributed by atoms with Crippen LogP contribution in [-0.2, 0) is 4.79 Å². The van der Waals surface area contributed by atoms with Gasteiger partial charge in [-0.05, 0) is 48.9 Å². The third-order valence-electron chi connectivity index (χ3n) is 3.16. The topological polar surface area (TPSA) is 17.1 Å². The number of carbonyl (C=O) groups is 1. The minimum Gasteiger partial charge on any atom is -0.300 e. The number of rotatable bonds is 1. The summed E-state index contributed by atoms with van der Waals surface area (Å²) >= 11 is 0. The zero-order valence-corrected chi connectivity index (χ0v) is 8.92. The summed E-state index contributed by atoms with van der Waals surface area (Å²) in [6.45, 7) is 1.98. The van der Waals surface area contributed by atoms with E-state index in [1.165, 1.54) is 6.07 Å². The molecule has 1 aliphatic carbocycles. The smallest absolute Gasteiger partial charge is 0.133 e. The summed E-state index contributed by atoms with van der Waals surface area (Å²) in [6, 6.07) is 4.85. The lowest BCUT2D eigenvalue weighted by molar-refractivity contribution is -0.120. The normalized spacial score (nSPS) is 21.7. The summed E-state index contributed by atoms with van der Waals surface area (Å²) in [5, 5.41) is 0. The van der Waals surface area contributed by atoms with Crippen LogP contribution in [0.3, 0.4) is 0 Å². The molecule has 1 unspecified atom stereocenters. The molecule has 0 N–H and O–H groups in total. The molecular weight excluding hydrogens is 191 g/mol. The highest BCUT2D eigenvalue weighted by atomic mass is 19.1. The molecule has 0 spiro atoms. The van der Waals surface area contributed by atoms with E-state index in [-0.39, 0.29) is 11.7 Å². The Hall–Kier alpha value is -1.18. The number of carbonyl (C=O) groups excluding carboxylic acids is 1. The van der Waals surface area contributed by atoms with Crippen LogP contribution >= 0.6 is 0 Å². The van der Waals surface area contributed by atoms with Crippen LogP contribution < -0.4 is 0 Å². The van der Waals surface area contributed by atoms with E-state index in [4.69, 9.17) is 0 Å². The molecule has 0 heterocycles. The molecule has 1 saturated carbocycles. The fourth-order valence-electron chi connectivity index (χ4n) is 2.34. The van der Waals surface area contributed by atoms with Gasteiger partial charge in [0, 0.05) is 12.8 Å². The lowest BCUT2D eigenvalue weighted by Crippen LogP contribution is -2.14. The zero-order chi connectivity index (χ0) is 10.8. The number of Topliss-reactive ketones (excluding diaryl/α,β-unsaturated/α-hetero) is 1. The molecule has 2 rings (SSSR count). The first kappa shape index (κ1) is 10.3. The molecule has 2 heteroatoms. The maximum Gasteiger partial charge on any atom is 0.133 e. The first-order valence-corrected chi connectivity index (χ1v) is 5.44. The van der Waals surface area contributed by atoms with E-state index in [0.29, 0.717) is 18.6 Å². The lowest BCUT2D eigenvalue weighted by Gasteiger charge is -2.22. The highest BCUT2D eigenvalue weighted by Gasteiger charge is 2.22. The maximum atomic E-state index is 13.1. The van der Waals surface area contributed by atoms with E-state index in [0.717, 1.165) is 24.0 Å². The van der Waals surface area contributed by atoms with Crippen molar-refractivity contribution in [3.63, 3.8) is 0 Å². The SMILES string of the molecule is Cc1ccc(F)cc1C1CCCC(=O)C1. The van der Waals surface area contributed by atoms with Crippen molar-refractivity contribution in [2.75, 3.05) is 0 Å². The van der Waals surface area contributed by atoms with Gasteiger partial charge in [0.15, 0.2) is 0 Å². The number of aryl methyl sites for hydroxylation is 1. The van der Waals surface area contributed by atoms with Crippen molar-refractivity contribution in [1.29, 1.82) is 0 Å². The summed E-state index contributed by atoms with van der Waals surface area (Å²) in [4.78, 5) is 11.3. The Balaban J connectivity index is 2.27. The highest BCUT2D eigenvalue weighted by molar-refractivity contribution is 5.80. The van der Waals surface area contributed by atoms with Gasteiger partial charge in [-0.2, -0.15) is 0 Å². The molecule has 0 bridgehead atoms. The van der Waals surface area contributed by atoms with Gasteiger partial charge in [0.25, 0.3) is 0 Å². The van der Waals surface area contributed by atoms with Gasteiger partial charge in [0.05, 0.1) is 0 Å². The fourth-order valence-corrected chi connectivity index (χ4v) is 2.34. The van der Waals surface area contributed by atoms with Crippen LogP contribution in [0, 0.1) is 12.7 Å². The largest absolute Gasteiger partial charge is 0.300 e. The van der Waals surface area contributed by atoms with Gasteiger partial charge >= 0.3 is 0 Å². The number of ketones is 1. The monoisotopic (exact) mass is 206 g/mol. The molecule has 15 heavy (non-hydrogen) atoms. The number of benzene rings is 1. The van der Waals surface area contributed by atoms with Crippen LogP contribution in [-0.4, -0.2) is 5.78 Å². The predicted molar refractivity (Wildman–Crippen MR) is 57.4 cm³/mol. The van der Waals surface area contributed by atoms with Crippen LogP contribution in [0.4, 0.5) is 4.39 Å². The van der Waals surface area contributed by atoms with E-state index in [9.17, 15) is 9.18 Å². The summed E-state index contributed by atoms with van der Waals surface area (Å²) in [7, 11) is 0. The summed E-state index contributed by atoms with van der Waals surface area (Å²) in [5.41, 5.74) is 2.11. The molecule has 1 aromatic rings. The average molecular weight is 206 g/mol. The molecule has 0 saturated heterocycles. The van der Waals surface area contributed by atoms with E-state index in [1.54, 1.807) is 12.1 Å². The Morgan fingerprint density at radius 2 is 2.20 bits per heavy atom. The van der Waals surface area contributed by atoms with Crippen LogP contribution in [0.5, 0.6) is 0 Å².